The molecule has 4 nitrogen and oxygen atoms in total. The second-order valence-electron chi connectivity index (χ2n) is 9.99. The van der Waals surface area contributed by atoms with Gasteiger partial charge in [0.2, 0.25) is 0 Å². The normalized spacial score (nSPS) is 10.8. The maximum Gasteiger partial charge on any atom is 0.277 e. The lowest BCUT2D eigenvalue weighted by Gasteiger charge is -2.18. The van der Waals surface area contributed by atoms with Crippen molar-refractivity contribution in [2.75, 3.05) is 0 Å². The summed E-state index contributed by atoms with van der Waals surface area (Å²) in [5, 5.41) is 14.2. The Labute approximate surface area is 243 Å². The lowest BCUT2D eigenvalue weighted by atomic mass is 9.85. The quantitative estimate of drug-likeness (QED) is 0.167. The second kappa shape index (κ2) is 10.5. The van der Waals surface area contributed by atoms with Crippen LogP contribution >= 0.6 is 0 Å². The van der Waals surface area contributed by atoms with Crippen molar-refractivity contribution >= 4 is 27.4 Å². The number of aromatic nitrogens is 2. The maximum absolute atomic E-state index is 9.54. The Hall–Kier alpha value is -6.10. The number of benzene rings is 5. The van der Waals surface area contributed by atoms with E-state index in [1.807, 2.05) is 24.3 Å². The fourth-order valence-electron chi connectivity index (χ4n) is 5.82. The molecule has 2 aromatic heterocycles. The Morgan fingerprint density at radius 1 is 0.500 bits per heavy atom. The average Bonchev–Trinajstić information content (AvgIpc) is 3.07. The first kappa shape index (κ1) is 24.9. The Kier molecular flexibility index (Phi) is 6.21. The van der Waals surface area contributed by atoms with Crippen LogP contribution in [0.15, 0.2) is 134 Å². The molecule has 0 unspecified atom stereocenters. The van der Waals surface area contributed by atoms with Gasteiger partial charge in [0.1, 0.15) is 18.0 Å². The molecule has 0 spiro atoms. The van der Waals surface area contributed by atoms with Crippen molar-refractivity contribution in [2.24, 2.45) is 0 Å². The molecule has 7 rings (SSSR count). The molecule has 0 fully saturated rings. The van der Waals surface area contributed by atoms with Crippen molar-refractivity contribution in [1.29, 1.82) is 5.26 Å². The Balaban J connectivity index is 1.41. The van der Waals surface area contributed by atoms with Crippen molar-refractivity contribution in [3.63, 3.8) is 0 Å². The standard InChI is InChI=1S/C38H22N4/c1-40-38-30(13-7-23-42-38)26-16-20-28(21-17-26)37-33-10-4-2-8-31(33)36(32-9-3-5-11-34(32)37)27-18-14-25(15-19-27)29-12-6-22-41-35(29)24-39/h2-23H. The molecule has 7 aromatic rings. The molecule has 0 atom stereocenters. The smallest absolute Gasteiger partial charge is 0.277 e. The molecule has 0 N–H and O–H groups in total. The minimum absolute atomic E-state index is 0.406. The maximum atomic E-state index is 9.54. The van der Waals surface area contributed by atoms with Crippen LogP contribution in [0.3, 0.4) is 0 Å². The van der Waals surface area contributed by atoms with Crippen molar-refractivity contribution in [3.05, 3.63) is 151 Å². The monoisotopic (exact) mass is 534 g/mol. The van der Waals surface area contributed by atoms with E-state index in [2.05, 4.69) is 118 Å². The summed E-state index contributed by atoms with van der Waals surface area (Å²) in [6.07, 6.45) is 3.30. The van der Waals surface area contributed by atoms with Crippen LogP contribution in [0.1, 0.15) is 5.69 Å². The Morgan fingerprint density at radius 2 is 0.929 bits per heavy atom. The minimum atomic E-state index is 0.406. The number of nitriles is 1. The van der Waals surface area contributed by atoms with Crippen LogP contribution in [-0.2, 0) is 0 Å². The summed E-state index contributed by atoms with van der Waals surface area (Å²) >= 11 is 0. The van der Waals surface area contributed by atoms with Gasteiger partial charge < -0.3 is 4.85 Å². The summed E-state index contributed by atoms with van der Waals surface area (Å²) in [4.78, 5) is 12.1. The van der Waals surface area contributed by atoms with E-state index in [-0.39, 0.29) is 0 Å². The molecule has 4 heteroatoms. The summed E-state index contributed by atoms with van der Waals surface area (Å²) in [6.45, 7) is 7.50. The first-order valence-corrected chi connectivity index (χ1v) is 13.6. The van der Waals surface area contributed by atoms with E-state index >= 15 is 0 Å². The molecule has 2 heterocycles. The number of hydrogen-bond acceptors (Lipinski definition) is 3. The number of fused-ring (bicyclic) bond motifs is 2. The van der Waals surface area contributed by atoms with Gasteiger partial charge in [0.15, 0.2) is 0 Å². The van der Waals surface area contributed by atoms with Crippen molar-refractivity contribution in [2.45, 2.75) is 0 Å². The van der Waals surface area contributed by atoms with E-state index in [0.29, 0.717) is 11.5 Å². The molecule has 0 aliphatic carbocycles. The van der Waals surface area contributed by atoms with Gasteiger partial charge in [0, 0.05) is 17.3 Å². The predicted molar refractivity (Wildman–Crippen MR) is 170 cm³/mol. The van der Waals surface area contributed by atoms with Crippen LogP contribution in [0.4, 0.5) is 5.82 Å². The molecule has 0 aliphatic rings. The van der Waals surface area contributed by atoms with Gasteiger partial charge in [0.25, 0.3) is 5.82 Å². The first-order valence-electron chi connectivity index (χ1n) is 13.6. The number of nitrogens with zero attached hydrogens (tertiary/aromatic N) is 4. The zero-order chi connectivity index (χ0) is 28.5. The molecule has 0 amide bonds. The SMILES string of the molecule is [C-]#[N+]c1ncccc1-c1ccc(-c2c3ccccc3c(-c3ccc(-c4cccnc4C#N)cc3)c3ccccc23)cc1. The lowest BCUT2D eigenvalue weighted by molar-refractivity contribution is 1.26. The van der Waals surface area contributed by atoms with E-state index in [9.17, 15) is 5.26 Å². The Bertz CT molecular complexity index is 1980. The zero-order valence-corrected chi connectivity index (χ0v) is 22.5. The van der Waals surface area contributed by atoms with E-state index in [4.69, 9.17) is 6.57 Å². The first-order chi connectivity index (χ1) is 20.8. The van der Waals surface area contributed by atoms with Crippen LogP contribution in [0.5, 0.6) is 0 Å². The molecule has 0 aliphatic heterocycles. The summed E-state index contributed by atoms with van der Waals surface area (Å²) in [5.74, 6) is 0.406. The molecule has 194 valence electrons. The number of pyridine rings is 2. The van der Waals surface area contributed by atoms with E-state index in [1.165, 1.54) is 32.7 Å². The van der Waals surface area contributed by atoms with Crippen LogP contribution in [0, 0.1) is 17.9 Å². The molecular weight excluding hydrogens is 512 g/mol. The van der Waals surface area contributed by atoms with Crippen molar-refractivity contribution < 1.29 is 0 Å². The fourth-order valence-corrected chi connectivity index (χ4v) is 5.82. The largest absolute Gasteiger partial charge is 0.360 e. The number of rotatable bonds is 4. The van der Waals surface area contributed by atoms with Crippen molar-refractivity contribution in [1.82, 2.24) is 9.97 Å². The lowest BCUT2D eigenvalue weighted by Crippen LogP contribution is -1.92. The molecular formula is C38H22N4. The van der Waals surface area contributed by atoms with Gasteiger partial charge in [-0.15, -0.1) is 4.98 Å². The number of hydrogen-bond donors (Lipinski definition) is 0. The predicted octanol–water partition coefficient (Wildman–Crippen LogP) is 9.87. The third-order valence-electron chi connectivity index (χ3n) is 7.71. The van der Waals surface area contributed by atoms with Gasteiger partial charge in [-0.25, -0.2) is 4.98 Å². The highest BCUT2D eigenvalue weighted by atomic mass is 14.9. The zero-order valence-electron chi connectivity index (χ0n) is 22.5. The van der Waals surface area contributed by atoms with Gasteiger partial charge in [-0.2, -0.15) is 5.26 Å². The summed E-state index contributed by atoms with van der Waals surface area (Å²) in [5.41, 5.74) is 8.59. The van der Waals surface area contributed by atoms with Gasteiger partial charge >= 0.3 is 0 Å². The van der Waals surface area contributed by atoms with Gasteiger partial charge in [-0.05, 0) is 73.1 Å². The van der Waals surface area contributed by atoms with Crippen LogP contribution in [-0.4, -0.2) is 9.97 Å². The molecule has 5 aromatic carbocycles. The topological polar surface area (TPSA) is 53.9 Å². The van der Waals surface area contributed by atoms with E-state index < -0.39 is 0 Å². The van der Waals surface area contributed by atoms with Crippen LogP contribution in [0.2, 0.25) is 0 Å². The van der Waals surface area contributed by atoms with Gasteiger partial charge in [0.05, 0.1) is 0 Å². The highest BCUT2D eigenvalue weighted by molar-refractivity contribution is 6.21. The second-order valence-corrected chi connectivity index (χ2v) is 9.99. The summed E-state index contributed by atoms with van der Waals surface area (Å²) in [7, 11) is 0. The Morgan fingerprint density at radius 3 is 1.40 bits per heavy atom. The van der Waals surface area contributed by atoms with Crippen LogP contribution < -0.4 is 0 Å². The third-order valence-corrected chi connectivity index (χ3v) is 7.71. The third kappa shape index (κ3) is 4.16. The summed E-state index contributed by atoms with van der Waals surface area (Å²) in [6, 6.07) is 43.7. The van der Waals surface area contributed by atoms with Gasteiger partial charge in [-0.1, -0.05) is 110 Å². The van der Waals surface area contributed by atoms with Crippen LogP contribution in [0.25, 0.3) is 70.9 Å². The minimum Gasteiger partial charge on any atom is -0.360 e. The fraction of sp³-hybridized carbons (Fsp3) is 0. The molecule has 0 saturated carbocycles. The molecule has 42 heavy (non-hydrogen) atoms. The highest BCUT2D eigenvalue weighted by Gasteiger charge is 2.17. The van der Waals surface area contributed by atoms with Crippen molar-refractivity contribution in [3.8, 4) is 50.6 Å². The van der Waals surface area contributed by atoms with Gasteiger partial charge in [-0.3, -0.25) is 0 Å². The summed E-state index contributed by atoms with van der Waals surface area (Å²) < 4.78 is 0. The molecule has 0 saturated heterocycles. The van der Waals surface area contributed by atoms with E-state index in [1.54, 1.807) is 12.4 Å². The molecule has 0 radical (unpaired) electrons. The van der Waals surface area contributed by atoms with E-state index in [0.717, 1.165) is 33.4 Å². The average molecular weight is 535 g/mol. The highest BCUT2D eigenvalue weighted by Crippen LogP contribution is 2.44. The molecule has 0 bridgehead atoms.